The van der Waals surface area contributed by atoms with E-state index in [1.165, 1.54) is 0 Å². The van der Waals surface area contributed by atoms with Gasteiger partial charge in [-0.1, -0.05) is 0 Å². The molecule has 0 bridgehead atoms. The summed E-state index contributed by atoms with van der Waals surface area (Å²) in [5.74, 6) is -8.27. The largest absolute Gasteiger partial charge is 0.501 e. The zero-order chi connectivity index (χ0) is 19.8. The van der Waals surface area contributed by atoms with Crippen molar-refractivity contribution in [2.24, 2.45) is 0 Å². The number of rotatable bonds is 6. The zero-order valence-corrected chi connectivity index (χ0v) is 13.7. The first-order chi connectivity index (χ1) is 12.1. The van der Waals surface area contributed by atoms with Crippen molar-refractivity contribution < 1.29 is 49.1 Å². The van der Waals surface area contributed by atoms with Gasteiger partial charge in [-0.05, 0) is 0 Å². The minimum atomic E-state index is -1.35. The van der Waals surface area contributed by atoms with E-state index < -0.39 is 59.0 Å². The average molecular weight is 366 g/mol. The first-order valence-corrected chi connectivity index (χ1v) is 7.10. The maximum Gasteiger partial charge on any atom is 0.307 e. The second-order valence-corrected chi connectivity index (χ2v) is 5.27. The van der Waals surface area contributed by atoms with Crippen molar-refractivity contribution >= 4 is 23.5 Å². The number of hydrogen-bond donors (Lipinski definition) is 4. The topological polar surface area (TPSA) is 168 Å². The van der Waals surface area contributed by atoms with Gasteiger partial charge in [0.15, 0.2) is 0 Å². The molecule has 1 aliphatic carbocycles. The third kappa shape index (κ3) is 2.81. The molecule has 0 spiro atoms. The van der Waals surface area contributed by atoms with Crippen LogP contribution in [0.25, 0.3) is 0 Å². The van der Waals surface area contributed by atoms with E-state index in [0.29, 0.717) is 0 Å². The molecule has 4 N–H and O–H groups in total. The van der Waals surface area contributed by atoms with Gasteiger partial charge in [-0.25, -0.2) is 0 Å². The molecular formula is C16H14O10. The van der Waals surface area contributed by atoms with Crippen LogP contribution in [-0.4, -0.2) is 58.2 Å². The third-order valence-corrected chi connectivity index (χ3v) is 3.79. The molecule has 138 valence electrons. The summed E-state index contributed by atoms with van der Waals surface area (Å²) in [4.78, 5) is 47.2. The lowest BCUT2D eigenvalue weighted by Gasteiger charge is -2.24. The number of methoxy groups -OCH3 is 2. The van der Waals surface area contributed by atoms with Gasteiger partial charge in [0.2, 0.25) is 23.1 Å². The lowest BCUT2D eigenvalue weighted by molar-refractivity contribution is -0.137. The number of carbonyl (C=O) groups excluding carboxylic acids is 2. The van der Waals surface area contributed by atoms with Crippen LogP contribution in [-0.2, 0) is 22.4 Å². The fraction of sp³-hybridized carbons (Fsp3) is 0.250. The van der Waals surface area contributed by atoms with Gasteiger partial charge in [-0.2, -0.15) is 0 Å². The number of fused-ring (bicyclic) bond motifs is 1. The molecule has 0 saturated carbocycles. The lowest BCUT2D eigenvalue weighted by Crippen LogP contribution is -2.26. The SMILES string of the molecule is COc1c(CC(=O)O)c(CC(=O)O)c(OC)c2c1C(=O)C(O)=C(O)C2=O. The minimum Gasteiger partial charge on any atom is -0.501 e. The number of carboxylic acids is 2. The molecule has 2 rings (SSSR count). The number of hydrogen-bond acceptors (Lipinski definition) is 8. The molecule has 0 atom stereocenters. The summed E-state index contributed by atoms with van der Waals surface area (Å²) < 4.78 is 10.1. The molecule has 0 radical (unpaired) electrons. The zero-order valence-electron chi connectivity index (χ0n) is 13.7. The predicted octanol–water partition coefficient (Wildman–Crippen LogP) is 0.665. The highest BCUT2D eigenvalue weighted by atomic mass is 16.5. The van der Waals surface area contributed by atoms with Crippen molar-refractivity contribution in [1.82, 2.24) is 0 Å². The van der Waals surface area contributed by atoms with Gasteiger partial charge in [0, 0.05) is 11.1 Å². The standard InChI is InChI=1S/C16H14O10/c1-25-15-5(3-7(17)18)6(4-8(19)20)16(26-2)10-9(15)11(21)13(23)14(24)12(10)22/h23-24H,3-4H2,1-2H3,(H,17,18)(H,19,20). The third-order valence-electron chi connectivity index (χ3n) is 3.79. The van der Waals surface area contributed by atoms with Gasteiger partial charge in [0.25, 0.3) is 0 Å². The number of aliphatic hydroxyl groups is 2. The number of aliphatic carboxylic acids is 2. The fourth-order valence-electron chi connectivity index (χ4n) is 2.82. The van der Waals surface area contributed by atoms with Crippen molar-refractivity contribution in [2.75, 3.05) is 14.2 Å². The van der Waals surface area contributed by atoms with Crippen LogP contribution in [0.4, 0.5) is 0 Å². The summed E-state index contributed by atoms with van der Waals surface area (Å²) >= 11 is 0. The van der Waals surface area contributed by atoms with Gasteiger partial charge in [0.1, 0.15) is 11.5 Å². The Morgan fingerprint density at radius 3 is 1.31 bits per heavy atom. The monoisotopic (exact) mass is 366 g/mol. The van der Waals surface area contributed by atoms with Crippen LogP contribution in [0.3, 0.4) is 0 Å². The first kappa shape index (κ1) is 18.8. The number of aliphatic hydroxyl groups excluding tert-OH is 2. The van der Waals surface area contributed by atoms with Crippen molar-refractivity contribution in [3.05, 3.63) is 33.8 Å². The van der Waals surface area contributed by atoms with Crippen LogP contribution in [0, 0.1) is 0 Å². The van der Waals surface area contributed by atoms with E-state index in [0.717, 1.165) is 14.2 Å². The Bertz CT molecular complexity index is 807. The second kappa shape index (κ2) is 6.75. The van der Waals surface area contributed by atoms with Crippen LogP contribution >= 0.6 is 0 Å². The molecule has 1 aliphatic rings. The Kier molecular flexibility index (Phi) is 4.87. The summed E-state index contributed by atoms with van der Waals surface area (Å²) in [7, 11) is 2.18. The van der Waals surface area contributed by atoms with E-state index in [1.807, 2.05) is 0 Å². The number of ether oxygens (including phenoxy) is 2. The number of ketones is 2. The molecule has 0 heterocycles. The number of Topliss-reactive ketones (excluding diaryl/α,β-unsaturated/α-hetero) is 2. The van der Waals surface area contributed by atoms with Crippen LogP contribution in [0.1, 0.15) is 31.8 Å². The van der Waals surface area contributed by atoms with Gasteiger partial charge < -0.3 is 29.9 Å². The summed E-state index contributed by atoms with van der Waals surface area (Å²) in [6.45, 7) is 0. The highest BCUT2D eigenvalue weighted by Gasteiger charge is 2.41. The second-order valence-electron chi connectivity index (χ2n) is 5.27. The van der Waals surface area contributed by atoms with Crippen LogP contribution in [0.5, 0.6) is 11.5 Å². The molecule has 0 saturated heterocycles. The van der Waals surface area contributed by atoms with E-state index in [4.69, 9.17) is 19.7 Å². The summed E-state index contributed by atoms with van der Waals surface area (Å²) in [6.07, 6.45) is -1.46. The molecule has 1 aromatic rings. The Hall–Kier alpha value is -3.56. The number of carbonyl (C=O) groups is 4. The maximum absolute atomic E-state index is 12.4. The fourth-order valence-corrected chi connectivity index (χ4v) is 2.82. The number of benzene rings is 1. The Morgan fingerprint density at radius 2 is 1.08 bits per heavy atom. The number of allylic oxidation sites excluding steroid dienone is 2. The van der Waals surface area contributed by atoms with Crippen LogP contribution < -0.4 is 9.47 Å². The molecule has 0 amide bonds. The molecule has 26 heavy (non-hydrogen) atoms. The minimum absolute atomic E-state index is 0.187. The van der Waals surface area contributed by atoms with Crippen LogP contribution in [0.2, 0.25) is 0 Å². The predicted molar refractivity (Wildman–Crippen MR) is 83.2 cm³/mol. The van der Waals surface area contributed by atoms with E-state index >= 15 is 0 Å². The molecule has 10 nitrogen and oxygen atoms in total. The molecule has 1 aromatic carbocycles. The van der Waals surface area contributed by atoms with Gasteiger partial charge >= 0.3 is 11.9 Å². The van der Waals surface area contributed by atoms with Gasteiger partial charge in [0.05, 0.1) is 38.2 Å². The summed E-state index contributed by atoms with van der Waals surface area (Å²) in [6, 6.07) is 0. The average Bonchev–Trinajstić information content (AvgIpc) is 2.57. The Morgan fingerprint density at radius 1 is 0.769 bits per heavy atom. The number of carboxylic acid groups (broad SMARTS) is 2. The molecule has 0 fully saturated rings. The van der Waals surface area contributed by atoms with Gasteiger partial charge in [-0.3, -0.25) is 19.2 Å². The highest BCUT2D eigenvalue weighted by molar-refractivity contribution is 6.27. The summed E-state index contributed by atoms with van der Waals surface area (Å²) in [5.41, 5.74) is -1.38. The van der Waals surface area contributed by atoms with Crippen molar-refractivity contribution in [3.8, 4) is 11.5 Å². The van der Waals surface area contributed by atoms with Crippen LogP contribution in [0.15, 0.2) is 11.5 Å². The van der Waals surface area contributed by atoms with E-state index in [9.17, 15) is 29.4 Å². The maximum atomic E-state index is 12.4. The smallest absolute Gasteiger partial charge is 0.307 e. The van der Waals surface area contributed by atoms with Crippen molar-refractivity contribution in [2.45, 2.75) is 12.8 Å². The molecular weight excluding hydrogens is 352 g/mol. The molecule has 10 heteroatoms. The Labute approximate surface area is 145 Å². The molecule has 0 aromatic heterocycles. The molecule has 0 unspecified atom stereocenters. The van der Waals surface area contributed by atoms with Crippen molar-refractivity contribution in [3.63, 3.8) is 0 Å². The normalized spacial score (nSPS) is 13.5. The summed E-state index contributed by atoms with van der Waals surface area (Å²) in [5, 5.41) is 37.6. The first-order valence-electron chi connectivity index (χ1n) is 7.10. The van der Waals surface area contributed by atoms with Gasteiger partial charge in [-0.15, -0.1) is 0 Å². The Balaban J connectivity index is 3.02. The molecule has 0 aliphatic heterocycles. The van der Waals surface area contributed by atoms with E-state index in [2.05, 4.69) is 0 Å². The van der Waals surface area contributed by atoms with Crippen molar-refractivity contribution in [1.29, 1.82) is 0 Å². The lowest BCUT2D eigenvalue weighted by atomic mass is 9.84. The highest BCUT2D eigenvalue weighted by Crippen LogP contribution is 2.43. The van der Waals surface area contributed by atoms with E-state index in [1.54, 1.807) is 0 Å². The van der Waals surface area contributed by atoms with E-state index in [-0.39, 0.29) is 22.6 Å². The quantitative estimate of drug-likeness (QED) is 0.561.